The number of sulfonamides is 1. The van der Waals surface area contributed by atoms with Crippen LogP contribution in [0.1, 0.15) is 17.5 Å². The predicted octanol–water partition coefficient (Wildman–Crippen LogP) is -0.421. The molecule has 1 fully saturated rings. The number of piperazine rings is 1. The van der Waals surface area contributed by atoms with Gasteiger partial charge in [0.2, 0.25) is 5.09 Å². The lowest BCUT2D eigenvalue weighted by molar-refractivity contribution is 0.0968. The minimum atomic E-state index is -3.77. The van der Waals surface area contributed by atoms with Gasteiger partial charge >= 0.3 is 0 Å². The molecule has 0 radical (unpaired) electrons. The molecule has 10 heteroatoms. The highest BCUT2D eigenvalue weighted by Gasteiger charge is 2.31. The third kappa shape index (κ3) is 3.39. The van der Waals surface area contributed by atoms with E-state index in [2.05, 4.69) is 5.32 Å². The van der Waals surface area contributed by atoms with Gasteiger partial charge in [-0.3, -0.25) is 4.79 Å². The zero-order chi connectivity index (χ0) is 16.3. The maximum Gasteiger partial charge on any atom is 0.284 e. The topological polar surface area (TPSA) is 109 Å². The average Bonchev–Trinajstić information content (AvgIpc) is 2.98. The number of nitrogens with one attached hydrogen (secondary N) is 1. The van der Waals surface area contributed by atoms with E-state index in [0.29, 0.717) is 31.3 Å². The summed E-state index contributed by atoms with van der Waals surface area (Å²) in [5.41, 5.74) is 5.06. The molecule has 0 atom stereocenters. The Hall–Kier alpha value is -1.65. The Labute approximate surface area is 134 Å². The largest absolute Gasteiger partial charge is 0.438 e. The predicted molar refractivity (Wildman–Crippen MR) is 83.8 cm³/mol. The fraction of sp³-hybridized carbons (Fsp3) is 0.500. The van der Waals surface area contributed by atoms with E-state index >= 15 is 0 Å². The molecule has 0 saturated carbocycles. The van der Waals surface area contributed by atoms with E-state index in [1.807, 2.05) is 11.8 Å². The van der Waals surface area contributed by atoms with Crippen LogP contribution < -0.4 is 11.1 Å². The van der Waals surface area contributed by atoms with Gasteiger partial charge in [0.05, 0.1) is 0 Å². The second-order valence-electron chi connectivity index (χ2n) is 4.71. The molecule has 3 N–H and O–H groups in total. The first-order valence-corrected chi connectivity index (χ1v) is 8.63. The number of amides is 1. The molecule has 1 aromatic rings. The van der Waals surface area contributed by atoms with Gasteiger partial charge in [0.15, 0.2) is 10.9 Å². The van der Waals surface area contributed by atoms with Crippen LogP contribution in [0, 0.1) is 0 Å². The molecule has 1 aliphatic heterocycles. The first-order valence-electron chi connectivity index (χ1n) is 6.79. The van der Waals surface area contributed by atoms with Gasteiger partial charge in [-0.15, -0.1) is 0 Å². The van der Waals surface area contributed by atoms with Gasteiger partial charge in [-0.05, 0) is 31.3 Å². The minimum Gasteiger partial charge on any atom is -0.438 e. The summed E-state index contributed by atoms with van der Waals surface area (Å²) in [6, 6.07) is 2.50. The van der Waals surface area contributed by atoms with Crippen LogP contribution in [-0.2, 0) is 10.0 Å². The monoisotopic (exact) mass is 346 g/mol. The summed E-state index contributed by atoms with van der Waals surface area (Å²) in [4.78, 5) is 12.9. The summed E-state index contributed by atoms with van der Waals surface area (Å²) in [6.07, 6.45) is 0. The Morgan fingerprint density at radius 3 is 2.50 bits per heavy atom. The number of hydrogen-bond donors (Lipinski definition) is 2. The third-order valence-electron chi connectivity index (χ3n) is 3.27. The van der Waals surface area contributed by atoms with Crippen LogP contribution in [0.3, 0.4) is 0 Å². The first-order chi connectivity index (χ1) is 10.4. The van der Waals surface area contributed by atoms with Gasteiger partial charge in [-0.1, -0.05) is 0 Å². The lowest BCUT2D eigenvalue weighted by Gasteiger charge is -2.34. The van der Waals surface area contributed by atoms with E-state index in [1.165, 1.54) is 16.4 Å². The molecule has 8 nitrogen and oxygen atoms in total. The molecule has 0 unspecified atom stereocenters. The standard InChI is InChI=1S/C12H18N4O4S2/c1-2-14-12(21)15-5-7-16(8-6-15)22(18,19)10-4-3-9(20-10)11(13)17/h3-4H,2,5-8H2,1H3,(H2,13,17)(H,14,21). The minimum absolute atomic E-state index is 0.175. The van der Waals surface area contributed by atoms with Gasteiger partial charge in [-0.2, -0.15) is 4.31 Å². The summed E-state index contributed by atoms with van der Waals surface area (Å²) in [7, 11) is -3.77. The lowest BCUT2D eigenvalue weighted by atomic mass is 10.4. The Kier molecular flexibility index (Phi) is 5.04. The van der Waals surface area contributed by atoms with Gasteiger partial charge in [0, 0.05) is 32.7 Å². The normalized spacial score (nSPS) is 16.5. The van der Waals surface area contributed by atoms with E-state index in [1.54, 1.807) is 0 Å². The average molecular weight is 346 g/mol. The van der Waals surface area contributed by atoms with Crippen molar-refractivity contribution in [2.45, 2.75) is 12.0 Å². The molecular weight excluding hydrogens is 328 g/mol. The smallest absolute Gasteiger partial charge is 0.284 e. The molecule has 2 heterocycles. The Balaban J connectivity index is 2.06. The summed E-state index contributed by atoms with van der Waals surface area (Å²) in [5, 5.41) is 3.38. The number of thiocarbonyl (C=S) groups is 1. The van der Waals surface area contributed by atoms with Gasteiger partial charge in [0.25, 0.3) is 15.9 Å². The Morgan fingerprint density at radius 2 is 2.00 bits per heavy atom. The molecule has 0 aliphatic carbocycles. The van der Waals surface area contributed by atoms with Crippen molar-refractivity contribution in [1.82, 2.24) is 14.5 Å². The van der Waals surface area contributed by atoms with E-state index < -0.39 is 15.9 Å². The molecule has 2 rings (SSSR count). The second kappa shape index (κ2) is 6.63. The van der Waals surface area contributed by atoms with Crippen molar-refractivity contribution in [3.63, 3.8) is 0 Å². The van der Waals surface area contributed by atoms with Crippen LogP contribution in [0.5, 0.6) is 0 Å². The highest BCUT2D eigenvalue weighted by atomic mass is 32.2. The molecular formula is C12H18N4O4S2. The van der Waals surface area contributed by atoms with Crippen molar-refractivity contribution in [1.29, 1.82) is 0 Å². The van der Waals surface area contributed by atoms with Crippen molar-refractivity contribution >= 4 is 33.3 Å². The van der Waals surface area contributed by atoms with Crippen LogP contribution in [0.2, 0.25) is 0 Å². The highest BCUT2D eigenvalue weighted by molar-refractivity contribution is 7.89. The van der Waals surface area contributed by atoms with E-state index in [4.69, 9.17) is 22.4 Å². The number of carbonyl (C=O) groups excluding carboxylic acids is 1. The van der Waals surface area contributed by atoms with E-state index in [9.17, 15) is 13.2 Å². The highest BCUT2D eigenvalue weighted by Crippen LogP contribution is 2.20. The first kappa shape index (κ1) is 16.7. The van der Waals surface area contributed by atoms with Crippen LogP contribution in [0.25, 0.3) is 0 Å². The Bertz CT molecular complexity index is 662. The summed E-state index contributed by atoms with van der Waals surface area (Å²) < 4.78 is 31.2. The second-order valence-corrected chi connectivity index (χ2v) is 6.97. The number of hydrogen-bond acceptors (Lipinski definition) is 5. The lowest BCUT2D eigenvalue weighted by Crippen LogP contribution is -2.52. The molecule has 1 saturated heterocycles. The summed E-state index contributed by atoms with van der Waals surface area (Å²) in [6.45, 7) is 4.24. The van der Waals surface area contributed by atoms with Crippen molar-refractivity contribution < 1.29 is 17.6 Å². The van der Waals surface area contributed by atoms with Crippen LogP contribution in [0.15, 0.2) is 21.6 Å². The van der Waals surface area contributed by atoms with Crippen LogP contribution in [-0.4, -0.2) is 61.4 Å². The molecule has 1 aromatic heterocycles. The third-order valence-corrected chi connectivity index (χ3v) is 5.45. The molecule has 1 aliphatic rings. The van der Waals surface area contributed by atoms with Gasteiger partial charge in [0.1, 0.15) is 0 Å². The number of furan rings is 1. The quantitative estimate of drug-likeness (QED) is 0.713. The molecule has 122 valence electrons. The van der Waals surface area contributed by atoms with E-state index in [-0.39, 0.29) is 10.9 Å². The summed E-state index contributed by atoms with van der Waals surface area (Å²) >= 11 is 5.21. The number of primary amides is 1. The maximum atomic E-state index is 12.4. The number of nitrogens with two attached hydrogens (primary N) is 1. The van der Waals surface area contributed by atoms with Crippen molar-refractivity contribution in [2.75, 3.05) is 32.7 Å². The zero-order valence-electron chi connectivity index (χ0n) is 12.1. The summed E-state index contributed by atoms with van der Waals surface area (Å²) in [5.74, 6) is -0.979. The van der Waals surface area contributed by atoms with Crippen molar-refractivity contribution in [2.24, 2.45) is 5.73 Å². The van der Waals surface area contributed by atoms with Crippen LogP contribution >= 0.6 is 12.2 Å². The van der Waals surface area contributed by atoms with Gasteiger partial charge < -0.3 is 20.4 Å². The van der Waals surface area contributed by atoms with Crippen molar-refractivity contribution in [3.05, 3.63) is 17.9 Å². The molecule has 1 amide bonds. The van der Waals surface area contributed by atoms with Gasteiger partial charge in [-0.25, -0.2) is 8.42 Å². The SMILES string of the molecule is CCNC(=S)N1CCN(S(=O)(=O)c2ccc(C(N)=O)o2)CC1. The molecule has 0 aromatic carbocycles. The number of rotatable bonds is 4. The fourth-order valence-electron chi connectivity index (χ4n) is 2.11. The van der Waals surface area contributed by atoms with Crippen molar-refractivity contribution in [3.8, 4) is 0 Å². The van der Waals surface area contributed by atoms with Crippen LogP contribution in [0.4, 0.5) is 0 Å². The Morgan fingerprint density at radius 1 is 1.36 bits per heavy atom. The molecule has 22 heavy (non-hydrogen) atoms. The zero-order valence-corrected chi connectivity index (χ0v) is 13.7. The molecule has 0 spiro atoms. The molecule has 0 bridgehead atoms. The number of carbonyl (C=O) groups is 1. The fourth-order valence-corrected chi connectivity index (χ4v) is 3.77. The van der Waals surface area contributed by atoms with E-state index in [0.717, 1.165) is 6.54 Å². The maximum absolute atomic E-state index is 12.4. The number of nitrogens with zero attached hydrogens (tertiary/aromatic N) is 2.